The fourth-order valence-electron chi connectivity index (χ4n) is 1.85. The van der Waals surface area contributed by atoms with Gasteiger partial charge >= 0.3 is 0 Å². The number of nitrogens with zero attached hydrogens (tertiary/aromatic N) is 1. The number of rotatable bonds is 1. The number of imidazole rings is 1. The standard InChI is InChI=1S/C13H9Br2N3/c14-7-4-5-10-11(6-7)18-13(17-10)8-2-1-3-9(15)12(8)16/h1-6H,16H2,(H,17,18). The highest BCUT2D eigenvalue weighted by Gasteiger charge is 2.10. The van der Waals surface area contributed by atoms with Crippen molar-refractivity contribution in [2.24, 2.45) is 0 Å². The van der Waals surface area contributed by atoms with Crippen molar-refractivity contribution in [1.82, 2.24) is 9.97 Å². The Morgan fingerprint density at radius 3 is 2.78 bits per heavy atom. The lowest BCUT2D eigenvalue weighted by atomic mass is 10.2. The van der Waals surface area contributed by atoms with Crippen LogP contribution < -0.4 is 5.73 Å². The summed E-state index contributed by atoms with van der Waals surface area (Å²) in [5.41, 5.74) is 9.55. The predicted octanol–water partition coefficient (Wildman–Crippen LogP) is 4.34. The van der Waals surface area contributed by atoms with Gasteiger partial charge in [-0.2, -0.15) is 0 Å². The van der Waals surface area contributed by atoms with Gasteiger partial charge in [-0.25, -0.2) is 4.98 Å². The zero-order valence-electron chi connectivity index (χ0n) is 9.24. The van der Waals surface area contributed by atoms with Crippen LogP contribution in [0.5, 0.6) is 0 Å². The molecule has 0 radical (unpaired) electrons. The van der Waals surface area contributed by atoms with Gasteiger partial charge in [-0.05, 0) is 46.3 Å². The van der Waals surface area contributed by atoms with Gasteiger partial charge in [-0.15, -0.1) is 0 Å². The molecule has 0 saturated heterocycles. The van der Waals surface area contributed by atoms with Gasteiger partial charge in [0.05, 0.1) is 16.7 Å². The van der Waals surface area contributed by atoms with Crippen LogP contribution in [-0.4, -0.2) is 9.97 Å². The number of anilines is 1. The van der Waals surface area contributed by atoms with Crippen LogP contribution in [0, 0.1) is 0 Å². The molecule has 90 valence electrons. The molecule has 0 atom stereocenters. The van der Waals surface area contributed by atoms with Crippen molar-refractivity contribution in [2.45, 2.75) is 0 Å². The van der Waals surface area contributed by atoms with E-state index in [1.54, 1.807) is 0 Å². The van der Waals surface area contributed by atoms with Crippen molar-refractivity contribution in [3.63, 3.8) is 0 Å². The maximum absolute atomic E-state index is 6.05. The maximum atomic E-state index is 6.05. The highest BCUT2D eigenvalue weighted by Crippen LogP contribution is 2.31. The van der Waals surface area contributed by atoms with Crippen LogP contribution in [-0.2, 0) is 0 Å². The fourth-order valence-corrected chi connectivity index (χ4v) is 2.58. The normalized spacial score (nSPS) is 11.0. The molecule has 2 aromatic carbocycles. The summed E-state index contributed by atoms with van der Waals surface area (Å²) < 4.78 is 1.90. The minimum atomic E-state index is 0.690. The highest BCUT2D eigenvalue weighted by molar-refractivity contribution is 9.10. The van der Waals surface area contributed by atoms with Gasteiger partial charge in [-0.3, -0.25) is 0 Å². The van der Waals surface area contributed by atoms with E-state index in [0.717, 1.165) is 31.4 Å². The summed E-state index contributed by atoms with van der Waals surface area (Å²) in [4.78, 5) is 7.83. The predicted molar refractivity (Wildman–Crippen MR) is 81.3 cm³/mol. The Bertz CT molecular complexity index is 734. The van der Waals surface area contributed by atoms with Crippen molar-refractivity contribution in [2.75, 3.05) is 5.73 Å². The molecule has 1 heterocycles. The van der Waals surface area contributed by atoms with Crippen LogP contribution >= 0.6 is 31.9 Å². The number of nitrogens with one attached hydrogen (secondary N) is 1. The van der Waals surface area contributed by atoms with Crippen molar-refractivity contribution >= 4 is 48.6 Å². The van der Waals surface area contributed by atoms with E-state index in [4.69, 9.17) is 5.73 Å². The minimum Gasteiger partial charge on any atom is -0.397 e. The molecule has 1 aromatic heterocycles. The number of benzene rings is 2. The molecule has 0 spiro atoms. The summed E-state index contributed by atoms with van der Waals surface area (Å²) in [6.07, 6.45) is 0. The molecule has 3 nitrogen and oxygen atoms in total. The van der Waals surface area contributed by atoms with Gasteiger partial charge in [0.1, 0.15) is 5.82 Å². The molecule has 0 bridgehead atoms. The minimum absolute atomic E-state index is 0.690. The molecule has 3 rings (SSSR count). The third-order valence-electron chi connectivity index (χ3n) is 2.75. The lowest BCUT2D eigenvalue weighted by Crippen LogP contribution is -1.92. The second kappa shape index (κ2) is 4.40. The molecule has 0 saturated carbocycles. The SMILES string of the molecule is Nc1c(Br)cccc1-c1nc2ccc(Br)cc2[nH]1. The molecule has 0 amide bonds. The number of aromatic nitrogens is 2. The van der Waals surface area contributed by atoms with E-state index in [1.807, 2.05) is 36.4 Å². The molecule has 3 N–H and O–H groups in total. The van der Waals surface area contributed by atoms with Crippen molar-refractivity contribution in [3.8, 4) is 11.4 Å². The van der Waals surface area contributed by atoms with Crippen LogP contribution in [0.25, 0.3) is 22.4 Å². The Kier molecular flexibility index (Phi) is 2.87. The number of para-hydroxylation sites is 1. The summed E-state index contributed by atoms with van der Waals surface area (Å²) in [5.74, 6) is 0.780. The number of hydrogen-bond donors (Lipinski definition) is 2. The smallest absolute Gasteiger partial charge is 0.140 e. The summed E-state index contributed by atoms with van der Waals surface area (Å²) in [7, 11) is 0. The Morgan fingerprint density at radius 2 is 1.94 bits per heavy atom. The topological polar surface area (TPSA) is 54.7 Å². The molecule has 0 unspecified atom stereocenters. The summed E-state index contributed by atoms with van der Waals surface area (Å²) >= 11 is 6.87. The van der Waals surface area contributed by atoms with Crippen LogP contribution in [0.1, 0.15) is 0 Å². The van der Waals surface area contributed by atoms with Crippen LogP contribution in [0.15, 0.2) is 45.3 Å². The molecule has 5 heteroatoms. The molecule has 0 fully saturated rings. The second-order valence-corrected chi connectivity index (χ2v) is 5.72. The van der Waals surface area contributed by atoms with Crippen molar-refractivity contribution < 1.29 is 0 Å². The maximum Gasteiger partial charge on any atom is 0.140 e. The second-order valence-electron chi connectivity index (χ2n) is 3.95. The number of aromatic amines is 1. The first-order chi connectivity index (χ1) is 8.65. The fraction of sp³-hybridized carbons (Fsp3) is 0. The van der Waals surface area contributed by atoms with Gasteiger partial charge in [0.2, 0.25) is 0 Å². The third-order valence-corrected chi connectivity index (χ3v) is 3.94. The van der Waals surface area contributed by atoms with E-state index in [-0.39, 0.29) is 0 Å². The highest BCUT2D eigenvalue weighted by atomic mass is 79.9. The van der Waals surface area contributed by atoms with Crippen molar-refractivity contribution in [1.29, 1.82) is 0 Å². The molecule has 0 aliphatic heterocycles. The van der Waals surface area contributed by atoms with E-state index in [1.165, 1.54) is 0 Å². The summed E-state index contributed by atoms with van der Waals surface area (Å²) in [5, 5.41) is 0. The largest absolute Gasteiger partial charge is 0.397 e. The van der Waals surface area contributed by atoms with Gasteiger partial charge < -0.3 is 10.7 Å². The Balaban J connectivity index is 2.22. The first-order valence-electron chi connectivity index (χ1n) is 5.35. The number of H-pyrrole nitrogens is 1. The average Bonchev–Trinajstić information content (AvgIpc) is 2.75. The first kappa shape index (κ1) is 11.7. The average molecular weight is 367 g/mol. The van der Waals surface area contributed by atoms with Gasteiger partial charge in [-0.1, -0.05) is 22.0 Å². The number of fused-ring (bicyclic) bond motifs is 1. The molecular formula is C13H9Br2N3. The van der Waals surface area contributed by atoms with Crippen LogP contribution in [0.3, 0.4) is 0 Å². The lowest BCUT2D eigenvalue weighted by Gasteiger charge is -2.03. The van der Waals surface area contributed by atoms with Gasteiger partial charge in [0.15, 0.2) is 0 Å². The Hall–Kier alpha value is -1.33. The number of nitrogen functional groups attached to an aromatic ring is 1. The zero-order valence-corrected chi connectivity index (χ0v) is 12.4. The van der Waals surface area contributed by atoms with Crippen molar-refractivity contribution in [3.05, 3.63) is 45.3 Å². The monoisotopic (exact) mass is 365 g/mol. The number of nitrogens with two attached hydrogens (primary N) is 1. The van der Waals surface area contributed by atoms with E-state index in [9.17, 15) is 0 Å². The molecular weight excluding hydrogens is 358 g/mol. The van der Waals surface area contributed by atoms with E-state index < -0.39 is 0 Å². The van der Waals surface area contributed by atoms with Gasteiger partial charge in [0, 0.05) is 14.5 Å². The molecule has 0 aliphatic carbocycles. The number of hydrogen-bond acceptors (Lipinski definition) is 2. The molecule has 3 aromatic rings. The zero-order chi connectivity index (χ0) is 12.7. The Morgan fingerprint density at radius 1 is 1.11 bits per heavy atom. The number of halogens is 2. The van der Waals surface area contributed by atoms with E-state index in [2.05, 4.69) is 41.8 Å². The first-order valence-corrected chi connectivity index (χ1v) is 6.93. The third kappa shape index (κ3) is 1.93. The lowest BCUT2D eigenvalue weighted by molar-refractivity contribution is 1.33. The van der Waals surface area contributed by atoms with Crippen LogP contribution in [0.2, 0.25) is 0 Å². The quantitative estimate of drug-likeness (QED) is 0.629. The molecule has 0 aliphatic rings. The summed E-state index contributed by atoms with van der Waals surface area (Å²) in [6.45, 7) is 0. The van der Waals surface area contributed by atoms with Gasteiger partial charge in [0.25, 0.3) is 0 Å². The van der Waals surface area contributed by atoms with E-state index in [0.29, 0.717) is 5.69 Å². The van der Waals surface area contributed by atoms with Crippen LogP contribution in [0.4, 0.5) is 5.69 Å². The Labute approximate surface area is 121 Å². The van der Waals surface area contributed by atoms with E-state index >= 15 is 0 Å². The molecule has 18 heavy (non-hydrogen) atoms. The summed E-state index contributed by atoms with van der Waals surface area (Å²) in [6, 6.07) is 11.7.